The van der Waals surface area contributed by atoms with Crippen LogP contribution in [0.4, 0.5) is 16.2 Å². The Labute approximate surface area is 156 Å². The van der Waals surface area contributed by atoms with E-state index in [-0.39, 0.29) is 6.03 Å². The number of pyridine rings is 2. The topological polar surface area (TPSA) is 76.1 Å². The first kappa shape index (κ1) is 16.8. The van der Waals surface area contributed by atoms with E-state index in [4.69, 9.17) is 4.74 Å². The Bertz CT molecular complexity index is 1110. The van der Waals surface area contributed by atoms with E-state index in [2.05, 4.69) is 20.6 Å². The monoisotopic (exact) mass is 358 g/mol. The first-order chi connectivity index (χ1) is 13.2. The number of benzene rings is 2. The van der Waals surface area contributed by atoms with Gasteiger partial charge in [0.15, 0.2) is 0 Å². The van der Waals surface area contributed by atoms with Gasteiger partial charge in [-0.15, -0.1) is 0 Å². The lowest BCUT2D eigenvalue weighted by molar-refractivity contribution is 0.262. The number of ether oxygens (including phenoxy) is 1. The molecule has 0 saturated heterocycles. The van der Waals surface area contributed by atoms with Crippen LogP contribution in [0.5, 0.6) is 5.75 Å². The highest BCUT2D eigenvalue weighted by Gasteiger charge is 2.11. The van der Waals surface area contributed by atoms with Gasteiger partial charge in [0.25, 0.3) is 0 Å². The quantitative estimate of drug-likeness (QED) is 0.513. The van der Waals surface area contributed by atoms with Crippen LogP contribution in [-0.2, 0) is 0 Å². The number of hydrogen-bond acceptors (Lipinski definition) is 4. The molecule has 0 atom stereocenters. The number of fused-ring (bicyclic) bond motifs is 3. The first-order valence-electron chi connectivity index (χ1n) is 8.68. The van der Waals surface area contributed by atoms with Crippen LogP contribution in [0.15, 0.2) is 67.0 Å². The van der Waals surface area contributed by atoms with Gasteiger partial charge in [-0.1, -0.05) is 6.07 Å². The highest BCUT2D eigenvalue weighted by Crippen LogP contribution is 2.29. The summed E-state index contributed by atoms with van der Waals surface area (Å²) in [6, 6.07) is 16.4. The summed E-state index contributed by atoms with van der Waals surface area (Å²) in [5, 5.41) is 7.50. The summed E-state index contributed by atoms with van der Waals surface area (Å²) in [7, 11) is 0. The molecule has 2 heterocycles. The Morgan fingerprint density at radius 3 is 2.48 bits per heavy atom. The zero-order chi connectivity index (χ0) is 18.6. The average molecular weight is 358 g/mol. The Morgan fingerprint density at radius 2 is 1.70 bits per heavy atom. The van der Waals surface area contributed by atoms with Gasteiger partial charge >= 0.3 is 6.03 Å². The van der Waals surface area contributed by atoms with Gasteiger partial charge in [0.2, 0.25) is 0 Å². The van der Waals surface area contributed by atoms with Gasteiger partial charge in [-0.05, 0) is 55.5 Å². The molecule has 6 nitrogen and oxygen atoms in total. The van der Waals surface area contributed by atoms with E-state index in [1.165, 1.54) is 0 Å². The predicted octanol–water partition coefficient (Wildman–Crippen LogP) is 4.83. The Balaban J connectivity index is 1.61. The number of hydrogen-bond donors (Lipinski definition) is 2. The smallest absolute Gasteiger partial charge is 0.323 e. The number of nitrogens with zero attached hydrogens (tertiary/aromatic N) is 2. The summed E-state index contributed by atoms with van der Waals surface area (Å²) >= 11 is 0. The minimum absolute atomic E-state index is 0.326. The summed E-state index contributed by atoms with van der Waals surface area (Å²) in [6.45, 7) is 2.53. The fourth-order valence-electron chi connectivity index (χ4n) is 2.97. The normalized spacial score (nSPS) is 10.7. The molecule has 4 aromatic rings. The SMILES string of the molecule is CCOc1ccc(NC(=O)Nc2cc3cccnc3c3ncccc23)cc1. The standard InChI is InChI=1S/C21H18N4O2/c1-2-27-16-9-7-15(8-10-16)24-21(26)25-18-13-14-5-3-11-22-19(14)20-17(18)6-4-12-23-20/h3-13H,2H2,1H3,(H2,24,25,26). The molecule has 27 heavy (non-hydrogen) atoms. The number of anilines is 2. The minimum Gasteiger partial charge on any atom is -0.494 e. The van der Waals surface area contributed by atoms with Gasteiger partial charge in [0.05, 0.1) is 23.3 Å². The molecule has 134 valence electrons. The molecule has 0 bridgehead atoms. The third kappa shape index (κ3) is 3.50. The number of rotatable bonds is 4. The molecule has 0 spiro atoms. The third-order valence-electron chi connectivity index (χ3n) is 4.13. The number of carbonyl (C=O) groups is 1. The lowest BCUT2D eigenvalue weighted by Crippen LogP contribution is -2.19. The Kier molecular flexibility index (Phi) is 4.53. The molecule has 6 heteroatoms. The molecule has 4 rings (SSSR count). The summed E-state index contributed by atoms with van der Waals surface area (Å²) in [5.74, 6) is 0.766. The molecule has 0 aliphatic heterocycles. The lowest BCUT2D eigenvalue weighted by Gasteiger charge is -2.12. The largest absolute Gasteiger partial charge is 0.494 e. The van der Waals surface area contributed by atoms with E-state index in [1.807, 2.05) is 49.4 Å². The van der Waals surface area contributed by atoms with Crippen LogP contribution in [-0.4, -0.2) is 22.6 Å². The molecule has 0 radical (unpaired) electrons. The highest BCUT2D eigenvalue weighted by atomic mass is 16.5. The maximum Gasteiger partial charge on any atom is 0.323 e. The van der Waals surface area contributed by atoms with Gasteiger partial charge in [0, 0.05) is 28.9 Å². The van der Waals surface area contributed by atoms with Crippen molar-refractivity contribution in [2.75, 3.05) is 17.2 Å². The molecule has 0 aliphatic rings. The Morgan fingerprint density at radius 1 is 0.963 bits per heavy atom. The second-order valence-electron chi connectivity index (χ2n) is 5.94. The molecular weight excluding hydrogens is 340 g/mol. The predicted molar refractivity (Wildman–Crippen MR) is 107 cm³/mol. The molecule has 2 N–H and O–H groups in total. The van der Waals surface area contributed by atoms with E-state index in [0.29, 0.717) is 18.0 Å². The average Bonchev–Trinajstić information content (AvgIpc) is 2.70. The van der Waals surface area contributed by atoms with Crippen LogP contribution in [0.1, 0.15) is 6.92 Å². The van der Waals surface area contributed by atoms with Crippen molar-refractivity contribution in [2.24, 2.45) is 0 Å². The molecule has 0 fully saturated rings. The molecule has 0 saturated carbocycles. The summed E-state index contributed by atoms with van der Waals surface area (Å²) < 4.78 is 5.41. The van der Waals surface area contributed by atoms with Crippen molar-refractivity contribution in [1.82, 2.24) is 9.97 Å². The highest BCUT2D eigenvalue weighted by molar-refractivity contribution is 6.13. The molecule has 2 aromatic carbocycles. The second kappa shape index (κ2) is 7.29. The van der Waals surface area contributed by atoms with Crippen molar-refractivity contribution in [1.29, 1.82) is 0 Å². The second-order valence-corrected chi connectivity index (χ2v) is 5.94. The maximum atomic E-state index is 12.5. The number of carbonyl (C=O) groups excluding carboxylic acids is 1. The van der Waals surface area contributed by atoms with Crippen molar-refractivity contribution in [2.45, 2.75) is 6.92 Å². The van der Waals surface area contributed by atoms with Crippen LogP contribution in [0.2, 0.25) is 0 Å². The molecule has 0 unspecified atom stereocenters. The summed E-state index contributed by atoms with van der Waals surface area (Å²) in [4.78, 5) is 21.3. The summed E-state index contributed by atoms with van der Waals surface area (Å²) in [6.07, 6.45) is 3.46. The first-order valence-corrected chi connectivity index (χ1v) is 8.68. The molecule has 0 aliphatic carbocycles. The van der Waals surface area contributed by atoms with Crippen molar-refractivity contribution in [3.8, 4) is 5.75 Å². The van der Waals surface area contributed by atoms with Crippen LogP contribution in [0, 0.1) is 0 Å². The number of aromatic nitrogens is 2. The maximum absolute atomic E-state index is 12.5. The van der Waals surface area contributed by atoms with E-state index in [9.17, 15) is 4.79 Å². The van der Waals surface area contributed by atoms with Gasteiger partial charge in [-0.3, -0.25) is 9.97 Å². The van der Waals surface area contributed by atoms with E-state index in [0.717, 1.165) is 27.6 Å². The zero-order valence-corrected chi connectivity index (χ0v) is 14.8. The van der Waals surface area contributed by atoms with Crippen LogP contribution >= 0.6 is 0 Å². The Hall–Kier alpha value is -3.67. The summed E-state index contributed by atoms with van der Waals surface area (Å²) in [5.41, 5.74) is 2.93. The number of amides is 2. The fourth-order valence-corrected chi connectivity index (χ4v) is 2.97. The van der Waals surface area contributed by atoms with Crippen LogP contribution in [0.3, 0.4) is 0 Å². The molecular formula is C21H18N4O2. The molecule has 2 aromatic heterocycles. The van der Waals surface area contributed by atoms with Crippen LogP contribution < -0.4 is 15.4 Å². The number of urea groups is 1. The zero-order valence-electron chi connectivity index (χ0n) is 14.8. The van der Waals surface area contributed by atoms with Gasteiger partial charge in [-0.2, -0.15) is 0 Å². The van der Waals surface area contributed by atoms with E-state index >= 15 is 0 Å². The van der Waals surface area contributed by atoms with E-state index < -0.39 is 0 Å². The van der Waals surface area contributed by atoms with Gasteiger partial charge in [0.1, 0.15) is 5.75 Å². The van der Waals surface area contributed by atoms with Gasteiger partial charge < -0.3 is 15.4 Å². The van der Waals surface area contributed by atoms with Crippen molar-refractivity contribution in [3.63, 3.8) is 0 Å². The van der Waals surface area contributed by atoms with Gasteiger partial charge in [-0.25, -0.2) is 4.79 Å². The minimum atomic E-state index is -0.326. The molecule has 2 amide bonds. The van der Waals surface area contributed by atoms with Crippen molar-refractivity contribution >= 4 is 39.2 Å². The number of nitrogens with one attached hydrogen (secondary N) is 2. The van der Waals surface area contributed by atoms with Crippen LogP contribution in [0.25, 0.3) is 21.8 Å². The fraction of sp³-hybridized carbons (Fsp3) is 0.0952. The van der Waals surface area contributed by atoms with Crippen molar-refractivity contribution < 1.29 is 9.53 Å². The van der Waals surface area contributed by atoms with E-state index in [1.54, 1.807) is 24.5 Å². The van der Waals surface area contributed by atoms with Crippen molar-refractivity contribution in [3.05, 3.63) is 67.0 Å². The third-order valence-corrected chi connectivity index (χ3v) is 4.13. The lowest BCUT2D eigenvalue weighted by atomic mass is 10.1.